The van der Waals surface area contributed by atoms with Crippen molar-refractivity contribution in [3.05, 3.63) is 58.7 Å². The standard InChI is InChI=1S/C32H45O4Si/c1-10-11-16-35-26-19-25-24(18-23(26)15-13-12-14-20(2)17-27(33)34)32(9)28(36-37)21(3)22(4)31(25,8)29(32)30(5,6)7/h12-15,17-19,21-22,28-29H,10-11,16H2,1-9H3,(H,33,34)/b14-12+,15-13+,20-17+. The first-order valence-corrected chi connectivity index (χ1v) is 14.0. The zero-order chi connectivity index (χ0) is 27.8. The summed E-state index contributed by atoms with van der Waals surface area (Å²) in [6.07, 6.45) is 11.0. The predicted molar refractivity (Wildman–Crippen MR) is 153 cm³/mol. The first-order chi connectivity index (χ1) is 17.2. The molecule has 3 radical (unpaired) electrons. The van der Waals surface area contributed by atoms with Gasteiger partial charge in [-0.05, 0) is 65.3 Å². The van der Waals surface area contributed by atoms with Gasteiger partial charge < -0.3 is 14.3 Å². The van der Waals surface area contributed by atoms with Crippen LogP contribution in [0.25, 0.3) is 6.08 Å². The van der Waals surface area contributed by atoms with E-state index < -0.39 is 5.97 Å². The molecule has 0 amide bonds. The second kappa shape index (κ2) is 10.9. The number of benzene rings is 1. The van der Waals surface area contributed by atoms with Crippen LogP contribution in [0.15, 0.2) is 42.0 Å². The molecular formula is C32H45O4Si. The van der Waals surface area contributed by atoms with E-state index in [-0.39, 0.29) is 22.3 Å². The molecule has 6 unspecified atom stereocenters. The number of fused-ring (bicyclic) bond motifs is 5. The maximum atomic E-state index is 10.9. The van der Waals surface area contributed by atoms with Crippen LogP contribution in [-0.4, -0.2) is 34.3 Å². The summed E-state index contributed by atoms with van der Waals surface area (Å²) in [5, 5.41) is 8.97. The van der Waals surface area contributed by atoms with Gasteiger partial charge in [-0.3, -0.25) is 0 Å². The number of carboxylic acid groups (broad SMARTS) is 1. The average molecular weight is 522 g/mol. The van der Waals surface area contributed by atoms with Gasteiger partial charge >= 0.3 is 5.97 Å². The van der Waals surface area contributed by atoms with E-state index in [1.165, 1.54) is 17.2 Å². The highest BCUT2D eigenvalue weighted by Crippen LogP contribution is 2.70. The average Bonchev–Trinajstić information content (AvgIpc) is 2.97. The molecule has 3 rings (SSSR count). The molecule has 2 bridgehead atoms. The molecule has 1 saturated carbocycles. The Labute approximate surface area is 227 Å². The molecule has 1 aromatic rings. The smallest absolute Gasteiger partial charge is 0.328 e. The molecule has 5 heteroatoms. The van der Waals surface area contributed by atoms with Gasteiger partial charge in [-0.1, -0.05) is 86.1 Å². The highest BCUT2D eigenvalue weighted by Gasteiger charge is 2.69. The van der Waals surface area contributed by atoms with Crippen molar-refractivity contribution in [3.63, 3.8) is 0 Å². The fourth-order valence-electron chi connectivity index (χ4n) is 7.82. The van der Waals surface area contributed by atoms with Crippen molar-refractivity contribution in [3.8, 4) is 5.75 Å². The molecule has 201 valence electrons. The summed E-state index contributed by atoms with van der Waals surface area (Å²) in [4.78, 5) is 10.9. The van der Waals surface area contributed by atoms with Gasteiger partial charge in [-0.25, -0.2) is 4.79 Å². The Balaban J connectivity index is 2.21. The largest absolute Gasteiger partial charge is 0.493 e. The molecular weight excluding hydrogens is 476 g/mol. The number of rotatable bonds is 9. The molecule has 4 nitrogen and oxygen atoms in total. The first-order valence-electron chi connectivity index (χ1n) is 13.6. The van der Waals surface area contributed by atoms with E-state index in [1.54, 1.807) is 13.0 Å². The predicted octanol–water partition coefficient (Wildman–Crippen LogP) is 7.41. The second-order valence-corrected chi connectivity index (χ2v) is 12.9. The lowest BCUT2D eigenvalue weighted by Crippen LogP contribution is -2.62. The zero-order valence-corrected chi connectivity index (χ0v) is 25.1. The van der Waals surface area contributed by atoms with Crippen molar-refractivity contribution in [1.29, 1.82) is 0 Å². The number of aliphatic carboxylic acids is 1. The molecule has 0 heterocycles. The number of carbonyl (C=O) groups is 1. The minimum atomic E-state index is -0.940. The fourth-order valence-corrected chi connectivity index (χ4v) is 8.28. The zero-order valence-electron chi connectivity index (χ0n) is 24.1. The number of hydrogen-bond acceptors (Lipinski definition) is 3. The Morgan fingerprint density at radius 2 is 1.78 bits per heavy atom. The Morgan fingerprint density at radius 3 is 2.35 bits per heavy atom. The normalized spacial score (nSPS) is 31.8. The Bertz CT molecular complexity index is 1090. The third-order valence-electron chi connectivity index (χ3n) is 9.16. The molecule has 1 N–H and O–H groups in total. The molecule has 37 heavy (non-hydrogen) atoms. The SMILES string of the molecule is CCCCOc1cc2c(cc1/C=C/C=C/C(C)=C/C(=O)O)C1(C)C(O[Si])C(C)C(C)C2(C)C1C(C)(C)C. The topological polar surface area (TPSA) is 55.8 Å². The summed E-state index contributed by atoms with van der Waals surface area (Å²) < 4.78 is 12.5. The lowest BCUT2D eigenvalue weighted by atomic mass is 9.46. The number of hydrogen-bond donors (Lipinski definition) is 1. The number of ether oxygens (including phenoxy) is 1. The van der Waals surface area contributed by atoms with Crippen LogP contribution in [0, 0.1) is 23.2 Å². The van der Waals surface area contributed by atoms with E-state index >= 15 is 0 Å². The van der Waals surface area contributed by atoms with Crippen LogP contribution in [0.4, 0.5) is 0 Å². The summed E-state index contributed by atoms with van der Waals surface area (Å²) in [7, 11) is 3.50. The van der Waals surface area contributed by atoms with Crippen molar-refractivity contribution < 1.29 is 19.1 Å². The summed E-state index contributed by atoms with van der Waals surface area (Å²) in [5.41, 5.74) is 4.33. The van der Waals surface area contributed by atoms with Crippen molar-refractivity contribution in [2.45, 2.75) is 92.1 Å². The van der Waals surface area contributed by atoms with Gasteiger partial charge in [0.05, 0.1) is 12.7 Å². The van der Waals surface area contributed by atoms with E-state index in [1.807, 2.05) is 12.2 Å². The third kappa shape index (κ3) is 5.14. The summed E-state index contributed by atoms with van der Waals surface area (Å²) >= 11 is 0. The monoisotopic (exact) mass is 521 g/mol. The van der Waals surface area contributed by atoms with Crippen LogP contribution in [-0.2, 0) is 20.1 Å². The van der Waals surface area contributed by atoms with Gasteiger partial charge in [-0.2, -0.15) is 0 Å². The van der Waals surface area contributed by atoms with Crippen LogP contribution >= 0.6 is 0 Å². The molecule has 2 aliphatic carbocycles. The highest BCUT2D eigenvalue weighted by molar-refractivity contribution is 5.98. The first kappa shape index (κ1) is 29.4. The van der Waals surface area contributed by atoms with E-state index in [0.717, 1.165) is 24.2 Å². The van der Waals surface area contributed by atoms with Crippen molar-refractivity contribution in [1.82, 2.24) is 0 Å². The maximum absolute atomic E-state index is 10.9. The van der Waals surface area contributed by atoms with Gasteiger partial charge in [0.15, 0.2) is 0 Å². The molecule has 2 aliphatic rings. The molecule has 1 fully saturated rings. The highest BCUT2D eigenvalue weighted by atomic mass is 28.2. The minimum absolute atomic E-state index is 0.0211. The lowest BCUT2D eigenvalue weighted by molar-refractivity contribution is -0.131. The van der Waals surface area contributed by atoms with Gasteiger partial charge in [0.2, 0.25) is 10.5 Å². The Hall–Kier alpha value is -2.11. The quantitative estimate of drug-likeness (QED) is 0.159. The lowest BCUT2D eigenvalue weighted by Gasteiger charge is -2.60. The van der Waals surface area contributed by atoms with Gasteiger partial charge in [0, 0.05) is 22.5 Å². The molecule has 1 aromatic carbocycles. The fraction of sp³-hybridized carbons (Fsp3) is 0.594. The molecule has 6 atom stereocenters. The van der Waals surface area contributed by atoms with Gasteiger partial charge in [-0.15, -0.1) is 0 Å². The van der Waals surface area contributed by atoms with Crippen LogP contribution in [0.3, 0.4) is 0 Å². The minimum Gasteiger partial charge on any atom is -0.493 e. The van der Waals surface area contributed by atoms with Crippen molar-refractivity contribution in [2.75, 3.05) is 6.61 Å². The maximum Gasteiger partial charge on any atom is 0.328 e. The van der Waals surface area contributed by atoms with Crippen LogP contribution < -0.4 is 4.74 Å². The molecule has 0 aromatic heterocycles. The summed E-state index contributed by atoms with van der Waals surface area (Å²) in [5.74, 6) is 1.14. The third-order valence-corrected chi connectivity index (χ3v) is 9.41. The Morgan fingerprint density at radius 1 is 1.14 bits per heavy atom. The van der Waals surface area contributed by atoms with Crippen LogP contribution in [0.1, 0.15) is 91.8 Å². The molecule has 0 saturated heterocycles. The molecule has 0 spiro atoms. The summed E-state index contributed by atoms with van der Waals surface area (Å²) in [6.45, 7) is 21.3. The number of allylic oxidation sites excluding steroid dienone is 4. The molecule has 0 aliphatic heterocycles. The Kier molecular flexibility index (Phi) is 8.70. The van der Waals surface area contributed by atoms with E-state index in [2.05, 4.69) is 84.1 Å². The summed E-state index contributed by atoms with van der Waals surface area (Å²) in [6, 6.07) is 4.64. The van der Waals surface area contributed by atoms with Crippen LogP contribution in [0.2, 0.25) is 0 Å². The van der Waals surface area contributed by atoms with E-state index in [9.17, 15) is 4.79 Å². The van der Waals surface area contributed by atoms with Crippen LogP contribution in [0.5, 0.6) is 5.75 Å². The van der Waals surface area contributed by atoms with E-state index in [0.29, 0.717) is 29.9 Å². The van der Waals surface area contributed by atoms with Gasteiger partial charge in [0.25, 0.3) is 0 Å². The van der Waals surface area contributed by atoms with Crippen molar-refractivity contribution >= 4 is 22.5 Å². The van der Waals surface area contributed by atoms with Crippen molar-refractivity contribution in [2.24, 2.45) is 23.2 Å². The van der Waals surface area contributed by atoms with Gasteiger partial charge in [0.1, 0.15) is 5.75 Å². The van der Waals surface area contributed by atoms with E-state index in [4.69, 9.17) is 14.3 Å². The number of unbranched alkanes of at least 4 members (excludes halogenated alkanes) is 1. The second-order valence-electron chi connectivity index (χ2n) is 12.6. The number of carboxylic acids is 1.